The molecular weight excluding hydrogens is 370 g/mol. The van der Waals surface area contributed by atoms with Crippen molar-refractivity contribution in [3.63, 3.8) is 0 Å². The summed E-state index contributed by atoms with van der Waals surface area (Å²) in [6, 6.07) is 10.3. The molecule has 0 fully saturated rings. The highest BCUT2D eigenvalue weighted by atomic mass is 35.5. The van der Waals surface area contributed by atoms with Crippen molar-refractivity contribution in [2.24, 2.45) is 0 Å². The van der Waals surface area contributed by atoms with Gasteiger partial charge in [0.15, 0.2) is 0 Å². The minimum absolute atomic E-state index is 0.0916. The number of ether oxygens (including phenoxy) is 2. The number of nitrogens with one attached hydrogen (secondary N) is 1. The lowest BCUT2D eigenvalue weighted by Gasteiger charge is -2.37. The molecule has 0 saturated heterocycles. The molecule has 2 aromatic carbocycles. The first-order chi connectivity index (χ1) is 13.3. The third-order valence-corrected chi connectivity index (χ3v) is 5.78. The van der Waals surface area contributed by atoms with Crippen LogP contribution in [0, 0.1) is 0 Å². The van der Waals surface area contributed by atoms with Crippen molar-refractivity contribution >= 4 is 22.9 Å². The molecule has 1 unspecified atom stereocenters. The van der Waals surface area contributed by atoms with E-state index in [1.807, 2.05) is 18.2 Å². The number of allylic oxidation sites excluding steroid dienone is 1. The number of methoxy groups -OCH3 is 1. The summed E-state index contributed by atoms with van der Waals surface area (Å²) >= 11 is 6.06. The predicted molar refractivity (Wildman–Crippen MR) is 118 cm³/mol. The second-order valence-electron chi connectivity index (χ2n) is 8.15. The van der Waals surface area contributed by atoms with Gasteiger partial charge in [-0.15, -0.1) is 11.6 Å². The Kier molecular flexibility index (Phi) is 4.67. The van der Waals surface area contributed by atoms with Crippen molar-refractivity contribution in [3.05, 3.63) is 59.7 Å². The Morgan fingerprint density at radius 1 is 1.25 bits per heavy atom. The number of hydrogen-bond donors (Lipinski definition) is 1. The van der Waals surface area contributed by atoms with E-state index >= 15 is 0 Å². The molecule has 0 saturated carbocycles. The molecule has 1 atom stereocenters. The molecule has 1 N–H and O–H groups in total. The highest BCUT2D eigenvalue weighted by Crippen LogP contribution is 2.52. The van der Waals surface area contributed by atoms with Gasteiger partial charge in [0.25, 0.3) is 0 Å². The average Bonchev–Trinajstić information content (AvgIpc) is 2.65. The maximum absolute atomic E-state index is 6.49. The van der Waals surface area contributed by atoms with Crippen molar-refractivity contribution < 1.29 is 9.47 Å². The number of alkyl halides is 1. The summed E-state index contributed by atoms with van der Waals surface area (Å²) in [5, 5.41) is 3.65. The number of hydrogen-bond acceptors (Lipinski definition) is 3. The minimum Gasteiger partial charge on any atom is -0.496 e. The Hall–Kier alpha value is -2.39. The number of benzene rings is 2. The van der Waals surface area contributed by atoms with E-state index in [4.69, 9.17) is 21.1 Å². The first-order valence-corrected chi connectivity index (χ1v) is 10.1. The first-order valence-electron chi connectivity index (χ1n) is 9.56. The van der Waals surface area contributed by atoms with Gasteiger partial charge >= 0.3 is 0 Å². The van der Waals surface area contributed by atoms with Crippen molar-refractivity contribution in [2.45, 2.75) is 38.8 Å². The van der Waals surface area contributed by atoms with E-state index < -0.39 is 0 Å². The summed E-state index contributed by atoms with van der Waals surface area (Å²) in [7, 11) is 1.70. The van der Waals surface area contributed by atoms with Crippen LogP contribution in [0.25, 0.3) is 16.7 Å². The minimum atomic E-state index is -0.137. The van der Waals surface area contributed by atoms with E-state index in [-0.39, 0.29) is 11.6 Å². The number of fused-ring (bicyclic) bond motifs is 5. The summed E-state index contributed by atoms with van der Waals surface area (Å²) in [5.74, 6) is 2.08. The first kappa shape index (κ1) is 18.9. The normalized spacial score (nSPS) is 18.6. The van der Waals surface area contributed by atoms with Gasteiger partial charge in [-0.3, -0.25) is 0 Å². The molecule has 2 aromatic rings. The van der Waals surface area contributed by atoms with Gasteiger partial charge in [0.05, 0.1) is 18.2 Å². The Morgan fingerprint density at radius 3 is 2.75 bits per heavy atom. The maximum Gasteiger partial charge on any atom is 0.131 e. The van der Waals surface area contributed by atoms with Crippen LogP contribution in [0.2, 0.25) is 0 Å². The topological polar surface area (TPSA) is 30.5 Å². The van der Waals surface area contributed by atoms with Crippen LogP contribution in [-0.2, 0) is 0 Å². The van der Waals surface area contributed by atoms with E-state index in [2.05, 4.69) is 50.9 Å². The maximum atomic E-state index is 6.49. The summed E-state index contributed by atoms with van der Waals surface area (Å²) in [4.78, 5) is 0. The van der Waals surface area contributed by atoms with Crippen LogP contribution in [0.15, 0.2) is 48.6 Å². The monoisotopic (exact) mass is 395 g/mol. The molecule has 2 aliphatic rings. The fourth-order valence-electron chi connectivity index (χ4n) is 4.42. The Bertz CT molecular complexity index is 990. The zero-order chi connectivity index (χ0) is 20.1. The fourth-order valence-corrected chi connectivity index (χ4v) is 4.52. The molecule has 0 spiro atoms. The Balaban J connectivity index is 1.99. The number of rotatable bonds is 4. The second kappa shape index (κ2) is 6.89. The molecular formula is C24H26ClNO2. The smallest absolute Gasteiger partial charge is 0.131 e. The third-order valence-electron chi connectivity index (χ3n) is 5.41. The summed E-state index contributed by atoms with van der Waals surface area (Å²) in [6.45, 7) is 10.7. The van der Waals surface area contributed by atoms with Gasteiger partial charge in [-0.2, -0.15) is 0 Å². The van der Waals surface area contributed by atoms with Gasteiger partial charge in [0.2, 0.25) is 0 Å². The van der Waals surface area contributed by atoms with Crippen LogP contribution < -0.4 is 14.8 Å². The second-order valence-corrected chi connectivity index (χ2v) is 8.42. The summed E-state index contributed by atoms with van der Waals surface area (Å²) in [5.41, 5.74) is 7.80. The van der Waals surface area contributed by atoms with Gasteiger partial charge < -0.3 is 14.8 Å². The van der Waals surface area contributed by atoms with Gasteiger partial charge in [-0.1, -0.05) is 30.4 Å². The molecule has 0 aliphatic carbocycles. The van der Waals surface area contributed by atoms with E-state index in [0.717, 1.165) is 33.9 Å². The molecule has 2 aliphatic heterocycles. The standard InChI is InChI=1S/C24H26ClNO2/c1-14(13-25)11-20-23-16(22-18(27-5)7-6-8-19(22)28-20)9-10-17-21(23)15(2)12-24(3,4)26-17/h6-10,12,20,26H,1,11,13H2,2-5H3. The molecule has 4 rings (SSSR count). The van der Waals surface area contributed by atoms with Crippen LogP contribution in [0.5, 0.6) is 11.5 Å². The Labute approximate surface area is 172 Å². The van der Waals surface area contributed by atoms with Crippen LogP contribution >= 0.6 is 11.6 Å². The third kappa shape index (κ3) is 3.08. The SMILES string of the molecule is C=C(CCl)CC1Oc2cccc(OC)c2-c2ccc3c(c21)C(C)=CC(C)(C)N3. The molecule has 4 heteroatoms. The van der Waals surface area contributed by atoms with Gasteiger partial charge in [0, 0.05) is 29.1 Å². The highest BCUT2D eigenvalue weighted by molar-refractivity contribution is 6.19. The summed E-state index contributed by atoms with van der Waals surface area (Å²) < 4.78 is 12.1. The molecule has 0 aromatic heterocycles. The lowest BCUT2D eigenvalue weighted by atomic mass is 9.80. The van der Waals surface area contributed by atoms with Crippen molar-refractivity contribution in [1.82, 2.24) is 0 Å². The molecule has 28 heavy (non-hydrogen) atoms. The fraction of sp³-hybridized carbons (Fsp3) is 0.333. The molecule has 0 bridgehead atoms. The number of anilines is 1. The Morgan fingerprint density at radius 2 is 2.04 bits per heavy atom. The molecule has 2 heterocycles. The van der Waals surface area contributed by atoms with Crippen molar-refractivity contribution in [2.75, 3.05) is 18.3 Å². The largest absolute Gasteiger partial charge is 0.496 e. The van der Waals surface area contributed by atoms with Gasteiger partial charge in [-0.25, -0.2) is 0 Å². The lowest BCUT2D eigenvalue weighted by molar-refractivity contribution is 0.201. The van der Waals surface area contributed by atoms with E-state index in [1.54, 1.807) is 7.11 Å². The molecule has 3 nitrogen and oxygen atoms in total. The predicted octanol–water partition coefficient (Wildman–Crippen LogP) is 6.59. The van der Waals surface area contributed by atoms with Crippen LogP contribution in [0.4, 0.5) is 5.69 Å². The van der Waals surface area contributed by atoms with E-state index in [1.165, 1.54) is 16.7 Å². The number of halogens is 1. The van der Waals surface area contributed by atoms with Crippen LogP contribution in [-0.4, -0.2) is 18.5 Å². The molecule has 0 amide bonds. The molecule has 146 valence electrons. The van der Waals surface area contributed by atoms with Gasteiger partial charge in [0.1, 0.15) is 17.6 Å². The van der Waals surface area contributed by atoms with Crippen molar-refractivity contribution in [1.29, 1.82) is 0 Å². The summed E-state index contributed by atoms with van der Waals surface area (Å²) in [6.07, 6.45) is 2.82. The van der Waals surface area contributed by atoms with E-state index in [0.29, 0.717) is 12.3 Å². The molecule has 0 radical (unpaired) electrons. The average molecular weight is 396 g/mol. The van der Waals surface area contributed by atoms with Gasteiger partial charge in [-0.05, 0) is 50.1 Å². The quantitative estimate of drug-likeness (QED) is 0.468. The van der Waals surface area contributed by atoms with Crippen LogP contribution in [0.1, 0.15) is 44.4 Å². The zero-order valence-corrected chi connectivity index (χ0v) is 17.6. The van der Waals surface area contributed by atoms with E-state index in [9.17, 15) is 0 Å². The van der Waals surface area contributed by atoms with Crippen LogP contribution in [0.3, 0.4) is 0 Å². The highest BCUT2D eigenvalue weighted by Gasteiger charge is 2.34. The zero-order valence-electron chi connectivity index (χ0n) is 16.9. The lowest BCUT2D eigenvalue weighted by Crippen LogP contribution is -2.32. The van der Waals surface area contributed by atoms with Crippen molar-refractivity contribution in [3.8, 4) is 22.6 Å².